The van der Waals surface area contributed by atoms with Crippen LogP contribution in [0.2, 0.25) is 0 Å². The Morgan fingerprint density at radius 2 is 1.75 bits per heavy atom. The smallest absolute Gasteiger partial charge is 0.171 e. The normalized spacial score (nSPS) is 11.5. The highest BCUT2D eigenvalue weighted by molar-refractivity contribution is 7.80. The lowest BCUT2D eigenvalue weighted by molar-refractivity contribution is 0.286. The standard InChI is InChI=1S/C19H24N2O2S/c1-13-5-6-14(2)18(11-13)21-19(24)20-15(3)12-23-17-9-7-16(22-4)8-10-17/h5-11,15H,12H2,1-4H3,(H2,20,21,24). The van der Waals surface area contributed by atoms with E-state index in [1.54, 1.807) is 7.11 Å². The van der Waals surface area contributed by atoms with E-state index in [0.29, 0.717) is 11.7 Å². The molecule has 0 fully saturated rings. The Balaban J connectivity index is 1.81. The van der Waals surface area contributed by atoms with Crippen LogP contribution in [-0.4, -0.2) is 24.9 Å². The summed E-state index contributed by atoms with van der Waals surface area (Å²) < 4.78 is 10.9. The van der Waals surface area contributed by atoms with Gasteiger partial charge in [-0.2, -0.15) is 0 Å². The van der Waals surface area contributed by atoms with Crippen molar-refractivity contribution in [3.63, 3.8) is 0 Å². The maximum absolute atomic E-state index is 5.76. The number of methoxy groups -OCH3 is 1. The van der Waals surface area contributed by atoms with Gasteiger partial charge in [0, 0.05) is 5.69 Å². The monoisotopic (exact) mass is 344 g/mol. The van der Waals surface area contributed by atoms with E-state index in [2.05, 4.69) is 42.7 Å². The second-order valence-electron chi connectivity index (χ2n) is 5.80. The van der Waals surface area contributed by atoms with Crippen LogP contribution < -0.4 is 20.1 Å². The lowest BCUT2D eigenvalue weighted by Gasteiger charge is -2.18. The fraction of sp³-hybridized carbons (Fsp3) is 0.316. The zero-order valence-electron chi connectivity index (χ0n) is 14.6. The first-order valence-corrected chi connectivity index (χ1v) is 8.30. The molecule has 24 heavy (non-hydrogen) atoms. The number of nitrogens with one attached hydrogen (secondary N) is 2. The van der Waals surface area contributed by atoms with Crippen LogP contribution in [0.25, 0.3) is 0 Å². The molecular formula is C19H24N2O2S. The second-order valence-corrected chi connectivity index (χ2v) is 6.21. The molecule has 0 aromatic heterocycles. The predicted octanol–water partition coefficient (Wildman–Crippen LogP) is 4.07. The summed E-state index contributed by atoms with van der Waals surface area (Å²) in [5, 5.41) is 7.07. The van der Waals surface area contributed by atoms with Gasteiger partial charge in [0.25, 0.3) is 0 Å². The molecule has 5 heteroatoms. The average Bonchev–Trinajstić information content (AvgIpc) is 2.56. The molecule has 0 amide bonds. The molecule has 0 spiro atoms. The Bertz CT molecular complexity index is 686. The van der Waals surface area contributed by atoms with Crippen molar-refractivity contribution in [2.75, 3.05) is 19.0 Å². The number of thiocarbonyl (C=S) groups is 1. The van der Waals surface area contributed by atoms with E-state index in [1.165, 1.54) is 5.56 Å². The Hall–Kier alpha value is -2.27. The number of rotatable bonds is 6. The van der Waals surface area contributed by atoms with Crippen molar-refractivity contribution in [1.29, 1.82) is 0 Å². The van der Waals surface area contributed by atoms with Crippen molar-refractivity contribution in [3.05, 3.63) is 53.6 Å². The topological polar surface area (TPSA) is 42.5 Å². The van der Waals surface area contributed by atoms with Gasteiger partial charge >= 0.3 is 0 Å². The molecule has 2 rings (SSSR count). The Morgan fingerprint density at radius 1 is 1.08 bits per heavy atom. The van der Waals surface area contributed by atoms with Crippen molar-refractivity contribution >= 4 is 23.0 Å². The van der Waals surface area contributed by atoms with Crippen LogP contribution >= 0.6 is 12.2 Å². The lowest BCUT2D eigenvalue weighted by Crippen LogP contribution is -2.39. The van der Waals surface area contributed by atoms with E-state index in [1.807, 2.05) is 31.2 Å². The molecule has 1 unspecified atom stereocenters. The number of anilines is 1. The second kappa shape index (κ2) is 8.55. The zero-order valence-corrected chi connectivity index (χ0v) is 15.4. The van der Waals surface area contributed by atoms with E-state index >= 15 is 0 Å². The molecule has 0 bridgehead atoms. The molecule has 0 aliphatic carbocycles. The fourth-order valence-corrected chi connectivity index (χ4v) is 2.50. The van der Waals surface area contributed by atoms with Gasteiger partial charge in [-0.25, -0.2) is 0 Å². The lowest BCUT2D eigenvalue weighted by atomic mass is 10.1. The van der Waals surface area contributed by atoms with E-state index < -0.39 is 0 Å². The maximum Gasteiger partial charge on any atom is 0.171 e. The number of hydrogen-bond donors (Lipinski definition) is 2. The van der Waals surface area contributed by atoms with Crippen LogP contribution in [0.3, 0.4) is 0 Å². The van der Waals surface area contributed by atoms with Crippen LogP contribution in [0.4, 0.5) is 5.69 Å². The van der Waals surface area contributed by atoms with E-state index in [-0.39, 0.29) is 6.04 Å². The Labute approximate surface area is 149 Å². The first-order valence-electron chi connectivity index (χ1n) is 7.89. The van der Waals surface area contributed by atoms with Gasteiger partial charge in [-0.3, -0.25) is 0 Å². The quantitative estimate of drug-likeness (QED) is 0.774. The Kier molecular flexibility index (Phi) is 6.44. The van der Waals surface area contributed by atoms with Gasteiger partial charge in [0.1, 0.15) is 18.1 Å². The van der Waals surface area contributed by atoms with Gasteiger partial charge in [0.2, 0.25) is 0 Å². The SMILES string of the molecule is COc1ccc(OCC(C)NC(=S)Nc2cc(C)ccc2C)cc1. The highest BCUT2D eigenvalue weighted by Gasteiger charge is 2.07. The molecule has 0 aliphatic rings. The van der Waals surface area contributed by atoms with Gasteiger partial charge in [-0.15, -0.1) is 0 Å². The number of aryl methyl sites for hydroxylation is 2. The molecule has 128 valence electrons. The summed E-state index contributed by atoms with van der Waals surface area (Å²) in [6.45, 7) is 6.66. The van der Waals surface area contributed by atoms with Gasteiger partial charge in [0.15, 0.2) is 5.11 Å². The minimum absolute atomic E-state index is 0.0808. The van der Waals surface area contributed by atoms with Crippen molar-refractivity contribution in [2.45, 2.75) is 26.8 Å². The zero-order chi connectivity index (χ0) is 17.5. The number of benzene rings is 2. The molecule has 0 radical (unpaired) electrons. The summed E-state index contributed by atoms with van der Waals surface area (Å²) in [5.41, 5.74) is 3.38. The number of hydrogen-bond acceptors (Lipinski definition) is 3. The van der Waals surface area contributed by atoms with Crippen LogP contribution in [0.1, 0.15) is 18.1 Å². The summed E-state index contributed by atoms with van der Waals surface area (Å²) in [7, 11) is 1.64. The van der Waals surface area contributed by atoms with Crippen LogP contribution in [0.15, 0.2) is 42.5 Å². The average molecular weight is 344 g/mol. The molecule has 0 aliphatic heterocycles. The molecule has 0 saturated heterocycles. The van der Waals surface area contributed by atoms with Crippen molar-refractivity contribution in [2.24, 2.45) is 0 Å². The third kappa shape index (κ3) is 5.42. The van der Waals surface area contributed by atoms with Gasteiger partial charge in [-0.1, -0.05) is 12.1 Å². The molecular weight excluding hydrogens is 320 g/mol. The van der Waals surface area contributed by atoms with Crippen molar-refractivity contribution in [3.8, 4) is 11.5 Å². The maximum atomic E-state index is 5.76. The minimum Gasteiger partial charge on any atom is -0.497 e. The van der Waals surface area contributed by atoms with Crippen LogP contribution in [0, 0.1) is 13.8 Å². The predicted molar refractivity (Wildman–Crippen MR) is 103 cm³/mol. The summed E-state index contributed by atoms with van der Waals surface area (Å²) in [6, 6.07) is 13.9. The van der Waals surface area contributed by atoms with Crippen molar-refractivity contribution < 1.29 is 9.47 Å². The molecule has 0 saturated carbocycles. The molecule has 0 heterocycles. The highest BCUT2D eigenvalue weighted by Crippen LogP contribution is 2.18. The van der Waals surface area contributed by atoms with Crippen LogP contribution in [-0.2, 0) is 0 Å². The first kappa shape index (κ1) is 18.1. The fourth-order valence-electron chi connectivity index (χ4n) is 2.19. The van der Waals surface area contributed by atoms with Gasteiger partial charge in [0.05, 0.1) is 13.2 Å². The molecule has 2 aromatic rings. The van der Waals surface area contributed by atoms with Crippen molar-refractivity contribution in [1.82, 2.24) is 5.32 Å². The van der Waals surface area contributed by atoms with E-state index in [0.717, 1.165) is 22.7 Å². The van der Waals surface area contributed by atoms with Crippen LogP contribution in [0.5, 0.6) is 11.5 Å². The molecule has 4 nitrogen and oxygen atoms in total. The molecule has 1 atom stereocenters. The number of ether oxygens (including phenoxy) is 2. The molecule has 2 aromatic carbocycles. The highest BCUT2D eigenvalue weighted by atomic mass is 32.1. The molecule has 2 N–H and O–H groups in total. The van der Waals surface area contributed by atoms with Gasteiger partial charge < -0.3 is 20.1 Å². The third-order valence-electron chi connectivity index (χ3n) is 3.58. The first-order chi connectivity index (χ1) is 11.5. The summed E-state index contributed by atoms with van der Waals surface area (Å²) in [5.74, 6) is 1.62. The summed E-state index contributed by atoms with van der Waals surface area (Å²) in [4.78, 5) is 0. The Morgan fingerprint density at radius 3 is 2.42 bits per heavy atom. The summed E-state index contributed by atoms with van der Waals surface area (Å²) in [6.07, 6.45) is 0. The van der Waals surface area contributed by atoms with E-state index in [4.69, 9.17) is 21.7 Å². The van der Waals surface area contributed by atoms with E-state index in [9.17, 15) is 0 Å². The third-order valence-corrected chi connectivity index (χ3v) is 3.80. The minimum atomic E-state index is 0.0808. The van der Waals surface area contributed by atoms with Gasteiger partial charge in [-0.05, 0) is 74.4 Å². The largest absolute Gasteiger partial charge is 0.497 e. The summed E-state index contributed by atoms with van der Waals surface area (Å²) >= 11 is 5.38.